The van der Waals surface area contributed by atoms with Crippen molar-refractivity contribution in [2.24, 2.45) is 0 Å². The average Bonchev–Trinajstić information content (AvgIpc) is 2.02. The van der Waals surface area contributed by atoms with E-state index in [2.05, 4.69) is 0 Å². The Morgan fingerprint density at radius 3 is 2.38 bits per heavy atom. The first kappa shape index (κ1) is 10.2. The number of carbonyl (C=O) groups excluding carboxylic acids is 1. The molecule has 0 saturated heterocycles. The quantitative estimate of drug-likeness (QED) is 0.741. The van der Waals surface area contributed by atoms with Crippen molar-refractivity contribution in [3.8, 4) is 0 Å². The molecule has 70 valence electrons. The van der Waals surface area contributed by atoms with Gasteiger partial charge in [-0.25, -0.2) is 0 Å². The number of carbonyl (C=O) groups is 1. The van der Waals surface area contributed by atoms with Crippen molar-refractivity contribution >= 4 is 17.4 Å². The number of halogens is 1. The third kappa shape index (κ3) is 2.29. The van der Waals surface area contributed by atoms with E-state index in [9.17, 15) is 9.90 Å². The van der Waals surface area contributed by atoms with Gasteiger partial charge in [0.2, 0.25) is 0 Å². The predicted octanol–water partition coefficient (Wildman–Crippen LogP) is 2.29. The van der Waals surface area contributed by atoms with Gasteiger partial charge in [0.25, 0.3) is 0 Å². The first-order valence-electron chi connectivity index (χ1n) is 3.94. The molecule has 0 bridgehead atoms. The molecule has 0 fully saturated rings. The summed E-state index contributed by atoms with van der Waals surface area (Å²) in [6.45, 7) is 2.89. The van der Waals surface area contributed by atoms with Gasteiger partial charge in [0.05, 0.1) is 5.02 Å². The van der Waals surface area contributed by atoms with Gasteiger partial charge < -0.3 is 5.11 Å². The molecule has 0 heterocycles. The van der Waals surface area contributed by atoms with Crippen LogP contribution in [0.15, 0.2) is 24.3 Å². The van der Waals surface area contributed by atoms with E-state index < -0.39 is 5.60 Å². The SMILES string of the molecule is CC(C)(O)C(=O)c1ccccc1Cl. The molecule has 1 aromatic carbocycles. The molecule has 0 aliphatic rings. The van der Waals surface area contributed by atoms with Crippen LogP contribution in [0, 0.1) is 0 Å². The number of benzene rings is 1. The zero-order valence-electron chi connectivity index (χ0n) is 7.54. The number of ketones is 1. The number of hydrogen-bond acceptors (Lipinski definition) is 2. The van der Waals surface area contributed by atoms with E-state index in [0.29, 0.717) is 10.6 Å². The third-order valence-corrected chi connectivity index (χ3v) is 2.00. The maximum Gasteiger partial charge on any atom is 0.195 e. The lowest BCUT2D eigenvalue weighted by Gasteiger charge is -2.15. The summed E-state index contributed by atoms with van der Waals surface area (Å²) in [5.41, 5.74) is -1.01. The van der Waals surface area contributed by atoms with Gasteiger partial charge in [-0.2, -0.15) is 0 Å². The molecule has 1 aromatic rings. The van der Waals surface area contributed by atoms with Gasteiger partial charge in [0.15, 0.2) is 5.78 Å². The number of hydrogen-bond donors (Lipinski definition) is 1. The van der Waals surface area contributed by atoms with Crippen LogP contribution >= 0.6 is 11.6 Å². The summed E-state index contributed by atoms with van der Waals surface area (Å²) in [5, 5.41) is 9.83. The van der Waals surface area contributed by atoms with Gasteiger partial charge in [-0.3, -0.25) is 4.79 Å². The highest BCUT2D eigenvalue weighted by atomic mass is 35.5. The molecule has 0 atom stereocenters. The van der Waals surface area contributed by atoms with E-state index >= 15 is 0 Å². The summed E-state index contributed by atoms with van der Waals surface area (Å²) in [6, 6.07) is 6.68. The molecule has 1 rings (SSSR count). The second kappa shape index (κ2) is 3.48. The summed E-state index contributed by atoms with van der Waals surface area (Å²) < 4.78 is 0. The lowest BCUT2D eigenvalue weighted by atomic mass is 9.97. The topological polar surface area (TPSA) is 37.3 Å². The maximum atomic E-state index is 11.6. The van der Waals surface area contributed by atoms with Gasteiger partial charge in [-0.05, 0) is 26.0 Å². The van der Waals surface area contributed by atoms with Crippen molar-refractivity contribution in [2.45, 2.75) is 19.4 Å². The van der Waals surface area contributed by atoms with Crippen molar-refractivity contribution in [1.82, 2.24) is 0 Å². The first-order chi connectivity index (χ1) is 5.93. The Hall–Kier alpha value is -0.860. The Balaban J connectivity index is 3.10. The molecule has 3 heteroatoms. The lowest BCUT2D eigenvalue weighted by molar-refractivity contribution is 0.0488. The largest absolute Gasteiger partial charge is 0.382 e. The van der Waals surface area contributed by atoms with E-state index in [0.717, 1.165) is 0 Å². The van der Waals surface area contributed by atoms with Gasteiger partial charge in [-0.1, -0.05) is 23.7 Å². The first-order valence-corrected chi connectivity index (χ1v) is 4.32. The van der Waals surface area contributed by atoms with Crippen LogP contribution in [-0.4, -0.2) is 16.5 Å². The Labute approximate surface area is 82.2 Å². The predicted molar refractivity (Wildman–Crippen MR) is 52.1 cm³/mol. The molecular weight excluding hydrogens is 188 g/mol. The Bertz CT molecular complexity index is 326. The second-order valence-corrected chi connectivity index (χ2v) is 3.78. The standard InChI is InChI=1S/C10H11ClO2/c1-10(2,13)9(12)7-5-3-4-6-8(7)11/h3-6,13H,1-2H3. The molecule has 1 N–H and O–H groups in total. The second-order valence-electron chi connectivity index (χ2n) is 3.37. The minimum Gasteiger partial charge on any atom is -0.382 e. The summed E-state index contributed by atoms with van der Waals surface area (Å²) in [7, 11) is 0. The molecule has 0 aliphatic carbocycles. The number of rotatable bonds is 2. The molecular formula is C10H11ClO2. The van der Waals surface area contributed by atoms with E-state index in [1.54, 1.807) is 24.3 Å². The average molecular weight is 199 g/mol. The zero-order chi connectivity index (χ0) is 10.1. The van der Waals surface area contributed by atoms with E-state index in [1.807, 2.05) is 0 Å². The molecule has 0 amide bonds. The molecule has 0 saturated carbocycles. The van der Waals surface area contributed by atoms with Gasteiger partial charge in [-0.15, -0.1) is 0 Å². The Morgan fingerprint density at radius 1 is 1.38 bits per heavy atom. The van der Waals surface area contributed by atoms with Gasteiger partial charge in [0, 0.05) is 5.56 Å². The fraction of sp³-hybridized carbons (Fsp3) is 0.300. The molecule has 2 nitrogen and oxygen atoms in total. The number of aliphatic hydroxyl groups is 1. The lowest BCUT2D eigenvalue weighted by Crippen LogP contribution is -2.31. The highest BCUT2D eigenvalue weighted by molar-refractivity contribution is 6.34. The highest BCUT2D eigenvalue weighted by Gasteiger charge is 2.26. The fourth-order valence-corrected chi connectivity index (χ4v) is 1.20. The van der Waals surface area contributed by atoms with Crippen LogP contribution in [0.5, 0.6) is 0 Å². The zero-order valence-corrected chi connectivity index (χ0v) is 8.30. The molecule has 0 radical (unpaired) electrons. The minimum absolute atomic E-state index is 0.358. The van der Waals surface area contributed by atoms with Crippen molar-refractivity contribution in [1.29, 1.82) is 0 Å². The highest BCUT2D eigenvalue weighted by Crippen LogP contribution is 2.20. The van der Waals surface area contributed by atoms with Crippen LogP contribution in [0.4, 0.5) is 0 Å². The van der Waals surface area contributed by atoms with Crippen molar-refractivity contribution < 1.29 is 9.90 Å². The van der Waals surface area contributed by atoms with Crippen molar-refractivity contribution in [3.05, 3.63) is 34.9 Å². The molecule has 0 spiro atoms. The normalized spacial score (nSPS) is 11.4. The molecule has 0 unspecified atom stereocenters. The van der Waals surface area contributed by atoms with Crippen LogP contribution in [0.1, 0.15) is 24.2 Å². The molecule has 0 aliphatic heterocycles. The Morgan fingerprint density at radius 2 is 1.92 bits per heavy atom. The monoisotopic (exact) mass is 198 g/mol. The van der Waals surface area contributed by atoms with E-state index in [1.165, 1.54) is 13.8 Å². The third-order valence-electron chi connectivity index (χ3n) is 1.67. The van der Waals surface area contributed by atoms with Crippen LogP contribution in [0.2, 0.25) is 5.02 Å². The minimum atomic E-state index is -1.37. The maximum absolute atomic E-state index is 11.6. The van der Waals surface area contributed by atoms with Crippen molar-refractivity contribution in [2.75, 3.05) is 0 Å². The van der Waals surface area contributed by atoms with Gasteiger partial charge in [0.1, 0.15) is 5.60 Å². The van der Waals surface area contributed by atoms with E-state index in [-0.39, 0.29) is 5.78 Å². The molecule has 0 aromatic heterocycles. The number of Topliss-reactive ketones (excluding diaryl/α,β-unsaturated/α-hetero) is 1. The van der Waals surface area contributed by atoms with Crippen molar-refractivity contribution in [3.63, 3.8) is 0 Å². The van der Waals surface area contributed by atoms with Crippen LogP contribution < -0.4 is 0 Å². The summed E-state index contributed by atoms with van der Waals surface area (Å²) in [5.74, 6) is -0.363. The fourth-order valence-electron chi connectivity index (χ4n) is 0.975. The van der Waals surface area contributed by atoms with Gasteiger partial charge >= 0.3 is 0 Å². The Kier molecular flexibility index (Phi) is 2.74. The smallest absolute Gasteiger partial charge is 0.195 e. The van der Waals surface area contributed by atoms with E-state index in [4.69, 9.17) is 11.6 Å². The van der Waals surface area contributed by atoms with Crippen LogP contribution in [0.3, 0.4) is 0 Å². The summed E-state index contributed by atoms with van der Waals surface area (Å²) in [4.78, 5) is 11.6. The van der Waals surface area contributed by atoms with Crippen LogP contribution in [0.25, 0.3) is 0 Å². The van der Waals surface area contributed by atoms with Crippen LogP contribution in [-0.2, 0) is 0 Å². The molecule has 13 heavy (non-hydrogen) atoms. The summed E-state index contributed by atoms with van der Waals surface area (Å²) >= 11 is 5.79. The summed E-state index contributed by atoms with van der Waals surface area (Å²) in [6.07, 6.45) is 0.